The van der Waals surface area contributed by atoms with Gasteiger partial charge in [-0.2, -0.15) is 5.26 Å². The molecule has 2 aromatic rings. The first kappa shape index (κ1) is 15.4. The van der Waals surface area contributed by atoms with Gasteiger partial charge in [0.2, 0.25) is 0 Å². The van der Waals surface area contributed by atoms with Crippen LogP contribution >= 0.6 is 0 Å². The molecular weight excluding hydrogens is 306 g/mol. The molecule has 1 aliphatic heterocycles. The number of carbonyl (C=O) groups excluding carboxylic acids is 3. The van der Waals surface area contributed by atoms with Gasteiger partial charge in [0.05, 0.1) is 22.8 Å². The van der Waals surface area contributed by atoms with E-state index in [1.54, 1.807) is 24.3 Å². The Morgan fingerprint density at radius 3 is 2.42 bits per heavy atom. The van der Waals surface area contributed by atoms with Crippen molar-refractivity contribution >= 4 is 17.7 Å². The molecule has 0 spiro atoms. The normalized spacial score (nSPS) is 12.8. The topological polar surface area (TPSA) is 90.3 Å². The lowest BCUT2D eigenvalue weighted by Gasteiger charge is -2.06. The van der Waals surface area contributed by atoms with Crippen LogP contribution < -0.4 is 5.32 Å². The Bertz CT molecular complexity index is 895. The molecule has 1 N–H and O–H groups in total. The van der Waals surface area contributed by atoms with Crippen LogP contribution in [0.4, 0.5) is 0 Å². The summed E-state index contributed by atoms with van der Waals surface area (Å²) in [6, 6.07) is 13.4. The molecule has 0 unspecified atom stereocenters. The molecule has 1 heterocycles. The molecule has 0 saturated carbocycles. The van der Waals surface area contributed by atoms with E-state index in [1.165, 1.54) is 25.2 Å². The second-order valence-corrected chi connectivity index (χ2v) is 5.42. The van der Waals surface area contributed by atoms with Gasteiger partial charge in [-0.05, 0) is 35.9 Å². The van der Waals surface area contributed by atoms with Crippen molar-refractivity contribution in [2.24, 2.45) is 0 Å². The molecule has 1 aliphatic rings. The summed E-state index contributed by atoms with van der Waals surface area (Å²) in [7, 11) is 1.41. The quantitative estimate of drug-likeness (QED) is 0.872. The highest BCUT2D eigenvalue weighted by molar-refractivity contribution is 6.21. The number of amides is 3. The fourth-order valence-corrected chi connectivity index (χ4v) is 2.48. The molecule has 24 heavy (non-hydrogen) atoms. The van der Waals surface area contributed by atoms with E-state index in [0.717, 1.165) is 10.5 Å². The molecule has 6 nitrogen and oxygen atoms in total. The van der Waals surface area contributed by atoms with Gasteiger partial charge in [-0.15, -0.1) is 0 Å². The molecule has 0 saturated heterocycles. The van der Waals surface area contributed by atoms with E-state index >= 15 is 0 Å². The van der Waals surface area contributed by atoms with Gasteiger partial charge in [-0.25, -0.2) is 0 Å². The van der Waals surface area contributed by atoms with Crippen LogP contribution in [0.2, 0.25) is 0 Å². The summed E-state index contributed by atoms with van der Waals surface area (Å²) in [4.78, 5) is 37.1. The summed E-state index contributed by atoms with van der Waals surface area (Å²) in [5.41, 5.74) is 2.28. The van der Waals surface area contributed by atoms with Crippen LogP contribution in [0.5, 0.6) is 0 Å². The Labute approximate surface area is 138 Å². The number of imide groups is 1. The van der Waals surface area contributed by atoms with Gasteiger partial charge >= 0.3 is 0 Å². The number of nitriles is 1. The molecule has 2 aromatic carbocycles. The molecule has 0 radical (unpaired) electrons. The van der Waals surface area contributed by atoms with Crippen molar-refractivity contribution in [2.75, 3.05) is 7.05 Å². The molecule has 3 amide bonds. The highest BCUT2D eigenvalue weighted by Crippen LogP contribution is 2.22. The van der Waals surface area contributed by atoms with Crippen molar-refractivity contribution in [3.05, 3.63) is 70.3 Å². The number of benzene rings is 2. The van der Waals surface area contributed by atoms with Gasteiger partial charge < -0.3 is 5.32 Å². The van der Waals surface area contributed by atoms with E-state index < -0.39 is 5.91 Å². The Morgan fingerprint density at radius 1 is 1.08 bits per heavy atom. The highest BCUT2D eigenvalue weighted by atomic mass is 16.2. The van der Waals surface area contributed by atoms with Crippen LogP contribution in [0.15, 0.2) is 42.5 Å². The number of rotatable bonds is 3. The van der Waals surface area contributed by atoms with Crippen LogP contribution in [0, 0.1) is 11.3 Å². The Kier molecular flexibility index (Phi) is 3.84. The summed E-state index contributed by atoms with van der Waals surface area (Å²) in [5, 5.41) is 11.5. The largest absolute Gasteiger partial charge is 0.348 e. The van der Waals surface area contributed by atoms with Crippen LogP contribution in [-0.4, -0.2) is 29.7 Å². The molecule has 6 heteroatoms. The number of fused-ring (bicyclic) bond motifs is 1. The zero-order valence-electron chi connectivity index (χ0n) is 12.9. The Hall–Kier alpha value is -3.46. The van der Waals surface area contributed by atoms with Crippen molar-refractivity contribution in [3.8, 4) is 6.07 Å². The predicted octanol–water partition coefficient (Wildman–Crippen LogP) is 1.71. The van der Waals surface area contributed by atoms with E-state index in [4.69, 9.17) is 5.26 Å². The van der Waals surface area contributed by atoms with Gasteiger partial charge in [-0.3, -0.25) is 19.3 Å². The smallest absolute Gasteiger partial charge is 0.261 e. The second-order valence-electron chi connectivity index (χ2n) is 5.42. The van der Waals surface area contributed by atoms with Crippen molar-refractivity contribution in [3.63, 3.8) is 0 Å². The SMILES string of the molecule is CN1C(=O)c2ccc(C(=O)NCc3ccc(C#N)cc3)cc2C1=O. The lowest BCUT2D eigenvalue weighted by Crippen LogP contribution is -2.24. The Balaban J connectivity index is 1.73. The minimum absolute atomic E-state index is 0.244. The van der Waals surface area contributed by atoms with Crippen molar-refractivity contribution in [2.45, 2.75) is 6.54 Å². The number of hydrogen-bond donors (Lipinski definition) is 1. The standard InChI is InChI=1S/C18H13N3O3/c1-21-17(23)14-7-6-13(8-15(14)18(21)24)16(22)20-10-12-4-2-11(9-19)3-5-12/h2-8H,10H2,1H3,(H,20,22). The number of hydrogen-bond acceptors (Lipinski definition) is 4. The number of nitrogens with zero attached hydrogens (tertiary/aromatic N) is 2. The second kappa shape index (κ2) is 5.97. The third-order valence-electron chi connectivity index (χ3n) is 3.89. The fourth-order valence-electron chi connectivity index (χ4n) is 2.48. The average Bonchev–Trinajstić information content (AvgIpc) is 2.84. The van der Waals surface area contributed by atoms with Gasteiger partial charge in [0.1, 0.15) is 0 Å². The highest BCUT2D eigenvalue weighted by Gasteiger charge is 2.33. The molecule has 3 rings (SSSR count). The molecule has 0 bridgehead atoms. The minimum Gasteiger partial charge on any atom is -0.348 e. The molecule has 0 aromatic heterocycles. The lowest BCUT2D eigenvalue weighted by molar-refractivity contribution is 0.0693. The maximum atomic E-state index is 12.2. The van der Waals surface area contributed by atoms with E-state index in [2.05, 4.69) is 5.32 Å². The first-order valence-corrected chi connectivity index (χ1v) is 7.25. The number of nitrogens with one attached hydrogen (secondary N) is 1. The average molecular weight is 319 g/mol. The maximum Gasteiger partial charge on any atom is 0.261 e. The molecular formula is C18H13N3O3. The van der Waals surface area contributed by atoms with E-state index in [-0.39, 0.29) is 17.4 Å². The van der Waals surface area contributed by atoms with Gasteiger partial charge in [0.25, 0.3) is 17.7 Å². The molecule has 118 valence electrons. The predicted molar refractivity (Wildman–Crippen MR) is 85.2 cm³/mol. The number of carbonyl (C=O) groups is 3. The lowest BCUT2D eigenvalue weighted by atomic mass is 10.1. The Morgan fingerprint density at radius 2 is 1.75 bits per heavy atom. The van der Waals surface area contributed by atoms with Crippen molar-refractivity contribution < 1.29 is 14.4 Å². The van der Waals surface area contributed by atoms with Crippen molar-refractivity contribution in [1.29, 1.82) is 5.26 Å². The summed E-state index contributed by atoms with van der Waals surface area (Å²) in [5.74, 6) is -1.10. The van der Waals surface area contributed by atoms with Crippen LogP contribution in [0.25, 0.3) is 0 Å². The zero-order valence-corrected chi connectivity index (χ0v) is 12.9. The first-order chi connectivity index (χ1) is 11.5. The summed E-state index contributed by atoms with van der Waals surface area (Å²) in [6.45, 7) is 0.300. The summed E-state index contributed by atoms with van der Waals surface area (Å²) in [6.07, 6.45) is 0. The fraction of sp³-hybridized carbons (Fsp3) is 0.111. The molecule has 0 atom stereocenters. The van der Waals surface area contributed by atoms with Gasteiger partial charge in [-0.1, -0.05) is 12.1 Å². The summed E-state index contributed by atoms with van der Waals surface area (Å²) >= 11 is 0. The molecule has 0 aliphatic carbocycles. The van der Waals surface area contributed by atoms with E-state index in [9.17, 15) is 14.4 Å². The third-order valence-corrected chi connectivity index (χ3v) is 3.89. The zero-order chi connectivity index (χ0) is 17.3. The maximum absolute atomic E-state index is 12.2. The van der Waals surface area contributed by atoms with E-state index in [1.807, 2.05) is 6.07 Å². The van der Waals surface area contributed by atoms with Crippen LogP contribution in [0.1, 0.15) is 42.2 Å². The third kappa shape index (κ3) is 2.63. The van der Waals surface area contributed by atoms with Gasteiger partial charge in [0.15, 0.2) is 0 Å². The summed E-state index contributed by atoms with van der Waals surface area (Å²) < 4.78 is 0. The first-order valence-electron chi connectivity index (χ1n) is 7.25. The van der Waals surface area contributed by atoms with Crippen LogP contribution in [-0.2, 0) is 6.54 Å². The minimum atomic E-state index is -0.406. The van der Waals surface area contributed by atoms with Crippen LogP contribution in [0.3, 0.4) is 0 Å². The van der Waals surface area contributed by atoms with E-state index in [0.29, 0.717) is 23.2 Å². The monoisotopic (exact) mass is 319 g/mol. The van der Waals surface area contributed by atoms with Gasteiger partial charge in [0, 0.05) is 19.2 Å². The van der Waals surface area contributed by atoms with Crippen molar-refractivity contribution in [1.82, 2.24) is 10.2 Å². The molecule has 0 fully saturated rings.